The standard InChI is InChI=1S/C13H17N7S/c1-8-10-11(21-13-17-16-9(2)20(13)18-10)15-12(14-8)19-6-4-3-5-7-19/h18H,3-7H2,1-2H3. The van der Waals surface area contributed by atoms with Crippen molar-refractivity contribution in [1.29, 1.82) is 0 Å². The molecule has 0 spiro atoms. The summed E-state index contributed by atoms with van der Waals surface area (Å²) < 4.78 is 1.88. The Morgan fingerprint density at radius 2 is 1.86 bits per heavy atom. The Kier molecular flexibility index (Phi) is 2.99. The van der Waals surface area contributed by atoms with Crippen molar-refractivity contribution >= 4 is 23.4 Å². The molecule has 2 aliphatic rings. The Bertz CT molecular complexity index is 690. The summed E-state index contributed by atoms with van der Waals surface area (Å²) in [5.41, 5.74) is 5.23. The maximum atomic E-state index is 4.74. The van der Waals surface area contributed by atoms with Gasteiger partial charge in [0, 0.05) is 13.1 Å². The Morgan fingerprint density at radius 3 is 2.67 bits per heavy atom. The van der Waals surface area contributed by atoms with E-state index in [1.165, 1.54) is 19.3 Å². The number of nitrogens with zero attached hydrogens (tertiary/aromatic N) is 6. The molecule has 0 bridgehead atoms. The number of nitrogens with one attached hydrogen (secondary N) is 1. The topological polar surface area (TPSA) is 71.8 Å². The Balaban J connectivity index is 1.72. The molecular weight excluding hydrogens is 286 g/mol. The molecule has 0 amide bonds. The van der Waals surface area contributed by atoms with Gasteiger partial charge in [-0.1, -0.05) is 0 Å². The number of aromatic nitrogens is 5. The second-order valence-corrected chi connectivity index (χ2v) is 6.37. The monoisotopic (exact) mass is 303 g/mol. The van der Waals surface area contributed by atoms with E-state index in [0.29, 0.717) is 0 Å². The minimum Gasteiger partial charge on any atom is -0.341 e. The highest BCUT2D eigenvalue weighted by atomic mass is 32.2. The van der Waals surface area contributed by atoms with Crippen LogP contribution in [0.25, 0.3) is 0 Å². The van der Waals surface area contributed by atoms with E-state index in [2.05, 4.69) is 25.5 Å². The molecule has 2 aliphatic heterocycles. The van der Waals surface area contributed by atoms with Gasteiger partial charge in [-0.15, -0.1) is 10.2 Å². The molecule has 8 heteroatoms. The van der Waals surface area contributed by atoms with Crippen molar-refractivity contribution in [3.05, 3.63) is 11.5 Å². The third kappa shape index (κ3) is 2.14. The molecular formula is C13H17N7S. The minimum atomic E-state index is 0.822. The zero-order valence-electron chi connectivity index (χ0n) is 12.1. The van der Waals surface area contributed by atoms with Crippen LogP contribution in [0, 0.1) is 13.8 Å². The Labute approximate surface area is 127 Å². The van der Waals surface area contributed by atoms with Crippen LogP contribution in [0.3, 0.4) is 0 Å². The number of piperidine rings is 1. The zero-order chi connectivity index (χ0) is 14.4. The normalized spacial score (nSPS) is 17.1. The molecule has 2 aromatic rings. The molecule has 21 heavy (non-hydrogen) atoms. The van der Waals surface area contributed by atoms with E-state index in [0.717, 1.165) is 46.4 Å². The number of rotatable bonds is 1. The van der Waals surface area contributed by atoms with Gasteiger partial charge in [0.1, 0.15) is 16.5 Å². The van der Waals surface area contributed by atoms with Crippen LogP contribution in [0.5, 0.6) is 0 Å². The summed E-state index contributed by atoms with van der Waals surface area (Å²) in [5, 5.41) is 10.0. The third-order valence-corrected chi connectivity index (χ3v) is 4.83. The molecule has 2 aromatic heterocycles. The second-order valence-electron chi connectivity index (χ2n) is 5.42. The summed E-state index contributed by atoms with van der Waals surface area (Å²) in [6.07, 6.45) is 3.75. The largest absolute Gasteiger partial charge is 0.341 e. The molecule has 1 saturated heterocycles. The zero-order valence-corrected chi connectivity index (χ0v) is 12.9. The van der Waals surface area contributed by atoms with Gasteiger partial charge in [0.05, 0.1) is 5.69 Å². The lowest BCUT2D eigenvalue weighted by Gasteiger charge is -2.28. The highest BCUT2D eigenvalue weighted by Crippen LogP contribution is 2.38. The molecule has 110 valence electrons. The van der Waals surface area contributed by atoms with Crippen LogP contribution in [0.1, 0.15) is 30.8 Å². The van der Waals surface area contributed by atoms with E-state index < -0.39 is 0 Å². The van der Waals surface area contributed by atoms with Gasteiger partial charge in [0.15, 0.2) is 0 Å². The highest BCUT2D eigenvalue weighted by molar-refractivity contribution is 7.99. The highest BCUT2D eigenvalue weighted by Gasteiger charge is 2.25. The SMILES string of the molecule is Cc1nc(N2CCCCC2)nc2c1Nn1c(C)nnc1S2. The first-order valence-electron chi connectivity index (χ1n) is 7.23. The first-order valence-corrected chi connectivity index (χ1v) is 8.04. The summed E-state index contributed by atoms with van der Waals surface area (Å²) in [6.45, 7) is 6.04. The first kappa shape index (κ1) is 12.9. The predicted octanol–water partition coefficient (Wildman–Crippen LogP) is 2.02. The molecule has 1 N–H and O–H groups in total. The lowest BCUT2D eigenvalue weighted by Crippen LogP contribution is -2.31. The summed E-state index contributed by atoms with van der Waals surface area (Å²) in [4.78, 5) is 11.7. The quantitative estimate of drug-likeness (QED) is 0.689. The maximum absolute atomic E-state index is 4.74. The summed E-state index contributed by atoms with van der Waals surface area (Å²) >= 11 is 1.54. The van der Waals surface area contributed by atoms with E-state index >= 15 is 0 Å². The van der Waals surface area contributed by atoms with Crippen molar-refractivity contribution in [2.45, 2.75) is 43.3 Å². The van der Waals surface area contributed by atoms with Crippen LogP contribution in [0.4, 0.5) is 11.6 Å². The Hall–Kier alpha value is -1.83. The van der Waals surface area contributed by atoms with Gasteiger partial charge in [0.25, 0.3) is 0 Å². The maximum Gasteiger partial charge on any atom is 0.226 e. The van der Waals surface area contributed by atoms with Gasteiger partial charge in [-0.05, 0) is 44.9 Å². The van der Waals surface area contributed by atoms with Crippen molar-refractivity contribution in [2.75, 3.05) is 23.4 Å². The van der Waals surface area contributed by atoms with Crippen molar-refractivity contribution in [2.24, 2.45) is 0 Å². The van der Waals surface area contributed by atoms with Gasteiger partial charge in [-0.3, -0.25) is 5.43 Å². The molecule has 0 unspecified atom stereocenters. The van der Waals surface area contributed by atoms with Crippen molar-refractivity contribution < 1.29 is 0 Å². The van der Waals surface area contributed by atoms with Gasteiger partial charge in [-0.25, -0.2) is 14.6 Å². The van der Waals surface area contributed by atoms with Crippen LogP contribution >= 0.6 is 11.8 Å². The van der Waals surface area contributed by atoms with Crippen LogP contribution in [0.15, 0.2) is 10.2 Å². The van der Waals surface area contributed by atoms with Crippen molar-refractivity contribution in [1.82, 2.24) is 24.8 Å². The minimum absolute atomic E-state index is 0.822. The van der Waals surface area contributed by atoms with Gasteiger partial charge >= 0.3 is 0 Å². The summed E-state index contributed by atoms with van der Waals surface area (Å²) in [7, 11) is 0. The Morgan fingerprint density at radius 1 is 1.05 bits per heavy atom. The number of aryl methyl sites for hydroxylation is 2. The van der Waals surface area contributed by atoms with E-state index in [1.807, 2.05) is 18.5 Å². The number of hydrogen-bond donors (Lipinski definition) is 1. The predicted molar refractivity (Wildman–Crippen MR) is 80.7 cm³/mol. The van der Waals surface area contributed by atoms with Crippen LogP contribution < -0.4 is 10.3 Å². The van der Waals surface area contributed by atoms with Gasteiger partial charge in [-0.2, -0.15) is 0 Å². The van der Waals surface area contributed by atoms with E-state index in [9.17, 15) is 0 Å². The number of fused-ring (bicyclic) bond motifs is 2. The molecule has 4 heterocycles. The second kappa shape index (κ2) is 4.87. The van der Waals surface area contributed by atoms with Crippen LogP contribution in [0.2, 0.25) is 0 Å². The summed E-state index contributed by atoms with van der Waals surface area (Å²) in [5.74, 6) is 1.67. The number of anilines is 2. The van der Waals surface area contributed by atoms with Gasteiger partial charge < -0.3 is 4.90 Å². The van der Waals surface area contributed by atoms with E-state index in [-0.39, 0.29) is 0 Å². The average molecular weight is 303 g/mol. The van der Waals surface area contributed by atoms with Gasteiger partial charge in [0.2, 0.25) is 11.1 Å². The third-order valence-electron chi connectivity index (χ3n) is 3.89. The van der Waals surface area contributed by atoms with Crippen LogP contribution in [-0.2, 0) is 0 Å². The fourth-order valence-corrected chi connectivity index (χ4v) is 3.65. The molecule has 1 fully saturated rings. The molecule has 4 rings (SSSR count). The van der Waals surface area contributed by atoms with Crippen molar-refractivity contribution in [3.63, 3.8) is 0 Å². The molecule has 7 nitrogen and oxygen atoms in total. The molecule has 0 atom stereocenters. The average Bonchev–Trinajstić information content (AvgIpc) is 2.87. The van der Waals surface area contributed by atoms with E-state index in [1.54, 1.807) is 11.8 Å². The van der Waals surface area contributed by atoms with Crippen LogP contribution in [-0.4, -0.2) is 37.9 Å². The molecule has 0 aromatic carbocycles. The smallest absolute Gasteiger partial charge is 0.226 e. The number of hydrogen-bond acceptors (Lipinski definition) is 7. The lowest BCUT2D eigenvalue weighted by atomic mass is 10.1. The molecule has 0 radical (unpaired) electrons. The molecule has 0 aliphatic carbocycles. The fourth-order valence-electron chi connectivity index (χ4n) is 2.71. The summed E-state index contributed by atoms with van der Waals surface area (Å²) in [6, 6.07) is 0. The van der Waals surface area contributed by atoms with Crippen molar-refractivity contribution in [3.8, 4) is 0 Å². The first-order chi connectivity index (χ1) is 10.2. The van der Waals surface area contributed by atoms with E-state index in [4.69, 9.17) is 4.98 Å². The fraction of sp³-hybridized carbons (Fsp3) is 0.538. The lowest BCUT2D eigenvalue weighted by molar-refractivity contribution is 0.565. The molecule has 0 saturated carbocycles.